The minimum Gasteiger partial charge on any atom is -0.372 e. The van der Waals surface area contributed by atoms with Gasteiger partial charge in [0.25, 0.3) is 0 Å². The fourth-order valence-electron chi connectivity index (χ4n) is 2.25. The smallest absolute Gasteiger partial charge is 0.0670 e. The van der Waals surface area contributed by atoms with Crippen molar-refractivity contribution in [3.8, 4) is 6.07 Å². The van der Waals surface area contributed by atoms with Crippen LogP contribution in [0.2, 0.25) is 5.02 Å². The summed E-state index contributed by atoms with van der Waals surface area (Å²) in [6.45, 7) is 4.52. The summed E-state index contributed by atoms with van der Waals surface area (Å²) in [4.78, 5) is 2.39. The van der Waals surface area contributed by atoms with Crippen LogP contribution in [0.25, 0.3) is 0 Å². The van der Waals surface area contributed by atoms with Crippen molar-refractivity contribution in [3.63, 3.8) is 0 Å². The van der Waals surface area contributed by atoms with Crippen LogP contribution in [-0.4, -0.2) is 13.1 Å². The molecule has 0 unspecified atom stereocenters. The fraction of sp³-hybridized carbons (Fsp3) is 0.500. The average Bonchev–Trinajstić information content (AvgIpc) is 2.33. The first kappa shape index (κ1) is 12.3. The molecule has 1 heterocycles. The molecule has 1 saturated heterocycles. The van der Waals surface area contributed by atoms with Gasteiger partial charge >= 0.3 is 0 Å². The molecule has 0 aliphatic carbocycles. The monoisotopic (exact) mass is 248 g/mol. The van der Waals surface area contributed by atoms with Crippen molar-refractivity contribution in [2.75, 3.05) is 18.0 Å². The average molecular weight is 249 g/mol. The zero-order valence-corrected chi connectivity index (χ0v) is 10.9. The third-order valence-corrected chi connectivity index (χ3v) is 3.82. The van der Waals surface area contributed by atoms with Crippen LogP contribution in [0.5, 0.6) is 0 Å². The lowest BCUT2D eigenvalue weighted by Crippen LogP contribution is -2.32. The van der Waals surface area contributed by atoms with E-state index in [9.17, 15) is 0 Å². The Labute approximate surface area is 108 Å². The van der Waals surface area contributed by atoms with Crippen LogP contribution in [0, 0.1) is 17.2 Å². The Morgan fingerprint density at radius 1 is 1.41 bits per heavy atom. The van der Waals surface area contributed by atoms with E-state index in [0.717, 1.165) is 24.6 Å². The summed E-state index contributed by atoms with van der Waals surface area (Å²) in [5.41, 5.74) is 2.14. The van der Waals surface area contributed by atoms with Crippen molar-refractivity contribution in [3.05, 3.63) is 28.8 Å². The Morgan fingerprint density at radius 2 is 2.12 bits per heavy atom. The molecule has 0 spiro atoms. The summed E-state index contributed by atoms with van der Waals surface area (Å²) < 4.78 is 0. The summed E-state index contributed by atoms with van der Waals surface area (Å²) in [7, 11) is 0. The molecule has 2 rings (SSSR count). The van der Waals surface area contributed by atoms with Gasteiger partial charge in [-0.3, -0.25) is 0 Å². The second kappa shape index (κ2) is 5.42. The lowest BCUT2D eigenvalue weighted by Gasteiger charge is -2.32. The van der Waals surface area contributed by atoms with E-state index >= 15 is 0 Å². The van der Waals surface area contributed by atoms with E-state index in [1.54, 1.807) is 0 Å². The van der Waals surface area contributed by atoms with E-state index in [4.69, 9.17) is 16.9 Å². The molecule has 0 N–H and O–H groups in total. The molecule has 1 aromatic carbocycles. The van der Waals surface area contributed by atoms with Gasteiger partial charge in [-0.1, -0.05) is 18.5 Å². The zero-order valence-electron chi connectivity index (χ0n) is 10.1. The summed E-state index contributed by atoms with van der Waals surface area (Å²) in [6.07, 6.45) is 2.88. The quantitative estimate of drug-likeness (QED) is 0.799. The first-order chi connectivity index (χ1) is 8.20. The van der Waals surface area contributed by atoms with Gasteiger partial charge in [0.2, 0.25) is 0 Å². The van der Waals surface area contributed by atoms with E-state index in [1.807, 2.05) is 6.07 Å². The van der Waals surface area contributed by atoms with Crippen LogP contribution in [0.15, 0.2) is 18.2 Å². The van der Waals surface area contributed by atoms with Gasteiger partial charge in [-0.25, -0.2) is 0 Å². The number of hydrogen-bond donors (Lipinski definition) is 0. The SMILES string of the molecule is CC1CCN(c2ccc(Cl)c(CC#N)c2)CC1. The molecule has 3 heteroatoms. The molecule has 0 bridgehead atoms. The van der Waals surface area contributed by atoms with E-state index < -0.39 is 0 Å². The lowest BCUT2D eigenvalue weighted by atomic mass is 9.98. The van der Waals surface area contributed by atoms with E-state index in [-0.39, 0.29) is 0 Å². The van der Waals surface area contributed by atoms with Gasteiger partial charge in [0.15, 0.2) is 0 Å². The van der Waals surface area contributed by atoms with Gasteiger partial charge in [-0.2, -0.15) is 5.26 Å². The van der Waals surface area contributed by atoms with Crippen molar-refractivity contribution < 1.29 is 0 Å². The lowest BCUT2D eigenvalue weighted by molar-refractivity contribution is 0.438. The number of rotatable bonds is 2. The Balaban J connectivity index is 2.16. The number of halogens is 1. The number of nitrogens with zero attached hydrogens (tertiary/aromatic N) is 2. The Hall–Kier alpha value is -1.20. The van der Waals surface area contributed by atoms with Gasteiger partial charge in [0.1, 0.15) is 0 Å². The molecule has 0 saturated carbocycles. The van der Waals surface area contributed by atoms with Crippen LogP contribution in [0.4, 0.5) is 5.69 Å². The maximum absolute atomic E-state index is 8.76. The summed E-state index contributed by atoms with van der Waals surface area (Å²) >= 11 is 6.07. The Bertz CT molecular complexity index is 428. The molecule has 17 heavy (non-hydrogen) atoms. The molecular formula is C14H17ClN2. The second-order valence-corrected chi connectivity index (χ2v) is 5.19. The number of hydrogen-bond acceptors (Lipinski definition) is 2. The minimum atomic E-state index is 0.386. The van der Waals surface area contributed by atoms with Crippen molar-refractivity contribution in [1.82, 2.24) is 0 Å². The van der Waals surface area contributed by atoms with Gasteiger partial charge in [-0.05, 0) is 42.5 Å². The van der Waals surface area contributed by atoms with Crippen molar-refractivity contribution in [2.24, 2.45) is 5.92 Å². The van der Waals surface area contributed by atoms with Crippen molar-refractivity contribution >= 4 is 17.3 Å². The van der Waals surface area contributed by atoms with Crippen LogP contribution < -0.4 is 4.90 Å². The van der Waals surface area contributed by atoms with Crippen molar-refractivity contribution in [2.45, 2.75) is 26.2 Å². The van der Waals surface area contributed by atoms with Gasteiger partial charge in [0, 0.05) is 23.8 Å². The molecule has 1 aliphatic rings. The third kappa shape index (κ3) is 2.92. The highest BCUT2D eigenvalue weighted by molar-refractivity contribution is 6.31. The zero-order chi connectivity index (χ0) is 12.3. The maximum atomic E-state index is 8.76. The topological polar surface area (TPSA) is 27.0 Å². The molecule has 0 aromatic heterocycles. The third-order valence-electron chi connectivity index (χ3n) is 3.45. The van der Waals surface area contributed by atoms with Crippen molar-refractivity contribution in [1.29, 1.82) is 5.26 Å². The van der Waals surface area contributed by atoms with Crippen LogP contribution in [0.3, 0.4) is 0 Å². The van der Waals surface area contributed by atoms with Gasteiger partial charge < -0.3 is 4.90 Å². The highest BCUT2D eigenvalue weighted by Gasteiger charge is 2.16. The number of benzene rings is 1. The fourth-order valence-corrected chi connectivity index (χ4v) is 2.43. The van der Waals surface area contributed by atoms with Gasteiger partial charge in [0.05, 0.1) is 12.5 Å². The molecule has 1 aromatic rings. The molecular weight excluding hydrogens is 232 g/mol. The predicted molar refractivity (Wildman–Crippen MR) is 71.4 cm³/mol. The van der Waals surface area contributed by atoms with Gasteiger partial charge in [-0.15, -0.1) is 0 Å². The molecule has 1 fully saturated rings. The number of anilines is 1. The molecule has 0 atom stereocenters. The molecule has 0 amide bonds. The predicted octanol–water partition coefficient (Wildman–Crippen LogP) is 3.64. The summed E-state index contributed by atoms with van der Waals surface area (Å²) in [5, 5.41) is 9.45. The molecule has 90 valence electrons. The van der Waals surface area contributed by atoms with E-state index in [1.165, 1.54) is 18.5 Å². The van der Waals surface area contributed by atoms with Crippen LogP contribution in [-0.2, 0) is 6.42 Å². The Morgan fingerprint density at radius 3 is 2.76 bits per heavy atom. The van der Waals surface area contributed by atoms with E-state index in [2.05, 4.69) is 30.0 Å². The second-order valence-electron chi connectivity index (χ2n) is 4.78. The maximum Gasteiger partial charge on any atom is 0.0670 e. The summed E-state index contributed by atoms with van der Waals surface area (Å²) in [5.74, 6) is 0.831. The molecule has 1 aliphatic heterocycles. The molecule has 2 nitrogen and oxygen atoms in total. The normalized spacial score (nSPS) is 16.9. The van der Waals surface area contributed by atoms with Crippen LogP contribution in [0.1, 0.15) is 25.3 Å². The van der Waals surface area contributed by atoms with E-state index in [0.29, 0.717) is 11.4 Å². The largest absolute Gasteiger partial charge is 0.372 e. The Kier molecular flexibility index (Phi) is 3.91. The molecule has 0 radical (unpaired) electrons. The number of nitriles is 1. The number of piperidine rings is 1. The first-order valence-electron chi connectivity index (χ1n) is 6.11. The first-order valence-corrected chi connectivity index (χ1v) is 6.49. The highest BCUT2D eigenvalue weighted by Crippen LogP contribution is 2.27. The van der Waals surface area contributed by atoms with Crippen LogP contribution >= 0.6 is 11.6 Å². The summed E-state index contributed by atoms with van der Waals surface area (Å²) in [6, 6.07) is 8.18. The standard InChI is InChI=1S/C14H17ClN2/c1-11-5-8-17(9-6-11)13-2-3-14(15)12(10-13)4-7-16/h2-3,10-11H,4-6,8-9H2,1H3. The minimum absolute atomic E-state index is 0.386. The highest BCUT2D eigenvalue weighted by atomic mass is 35.5.